The lowest BCUT2D eigenvalue weighted by atomic mass is 9.95. The molecule has 1 amide bonds. The molecule has 2 aromatic rings. The van der Waals surface area contributed by atoms with Crippen molar-refractivity contribution in [3.05, 3.63) is 39.8 Å². The van der Waals surface area contributed by atoms with E-state index in [1.165, 1.54) is 23.3 Å². The van der Waals surface area contributed by atoms with Crippen LogP contribution in [-0.2, 0) is 19.4 Å². The SMILES string of the molecule is O=C(c1csc2c1CCCC2)N1CCCC1Cn1cccn1. The van der Waals surface area contributed by atoms with Gasteiger partial charge in [-0.05, 0) is 50.2 Å². The lowest BCUT2D eigenvalue weighted by Crippen LogP contribution is -2.38. The van der Waals surface area contributed by atoms with Gasteiger partial charge in [-0.2, -0.15) is 5.10 Å². The molecule has 4 nitrogen and oxygen atoms in total. The Hall–Kier alpha value is -1.62. The zero-order valence-corrected chi connectivity index (χ0v) is 13.5. The standard InChI is InChI=1S/C17H21N3OS/c21-17(15-12-22-16-7-2-1-6-14(15)16)20-10-3-5-13(20)11-19-9-4-8-18-19/h4,8-9,12-13H,1-3,5-7,10-11H2. The van der Waals surface area contributed by atoms with E-state index < -0.39 is 0 Å². The lowest BCUT2D eigenvalue weighted by molar-refractivity contribution is 0.0721. The number of thiophene rings is 1. The molecule has 4 rings (SSSR count). The number of rotatable bonds is 3. The molecular formula is C17H21N3OS. The Morgan fingerprint density at radius 1 is 1.32 bits per heavy atom. The van der Waals surface area contributed by atoms with Crippen LogP contribution in [0.1, 0.15) is 46.5 Å². The van der Waals surface area contributed by atoms with Crippen molar-refractivity contribution < 1.29 is 4.79 Å². The number of fused-ring (bicyclic) bond motifs is 1. The Morgan fingerprint density at radius 2 is 2.23 bits per heavy atom. The van der Waals surface area contributed by atoms with Crippen molar-refractivity contribution in [1.82, 2.24) is 14.7 Å². The second-order valence-corrected chi connectivity index (χ2v) is 7.25. The van der Waals surface area contributed by atoms with Gasteiger partial charge in [0.15, 0.2) is 0 Å². The van der Waals surface area contributed by atoms with E-state index in [9.17, 15) is 4.79 Å². The number of hydrogen-bond acceptors (Lipinski definition) is 3. The zero-order chi connectivity index (χ0) is 14.9. The van der Waals surface area contributed by atoms with Crippen molar-refractivity contribution >= 4 is 17.2 Å². The van der Waals surface area contributed by atoms with Gasteiger partial charge >= 0.3 is 0 Å². The number of aryl methyl sites for hydroxylation is 1. The highest BCUT2D eigenvalue weighted by atomic mass is 32.1. The van der Waals surface area contributed by atoms with Crippen LogP contribution >= 0.6 is 11.3 Å². The quantitative estimate of drug-likeness (QED) is 0.873. The maximum Gasteiger partial charge on any atom is 0.255 e. The van der Waals surface area contributed by atoms with Crippen LogP contribution < -0.4 is 0 Å². The van der Waals surface area contributed by atoms with Crippen molar-refractivity contribution in [2.45, 2.75) is 51.1 Å². The minimum atomic E-state index is 0.244. The van der Waals surface area contributed by atoms with Crippen LogP contribution in [0.2, 0.25) is 0 Å². The molecule has 1 saturated heterocycles. The molecule has 0 bridgehead atoms. The second kappa shape index (κ2) is 5.88. The molecule has 2 aromatic heterocycles. The molecule has 1 fully saturated rings. The van der Waals surface area contributed by atoms with Gasteiger partial charge in [-0.3, -0.25) is 9.48 Å². The summed E-state index contributed by atoms with van der Waals surface area (Å²) in [4.78, 5) is 16.5. The Labute approximate surface area is 134 Å². The Bertz CT molecular complexity index is 662. The first-order chi connectivity index (χ1) is 10.8. The normalized spacial score (nSPS) is 21.1. The number of carbonyl (C=O) groups is 1. The van der Waals surface area contributed by atoms with E-state index in [2.05, 4.69) is 15.4 Å². The number of hydrogen-bond donors (Lipinski definition) is 0. The molecular weight excluding hydrogens is 294 g/mol. The van der Waals surface area contributed by atoms with Gasteiger partial charge in [-0.1, -0.05) is 0 Å². The molecule has 1 aliphatic carbocycles. The molecule has 0 saturated carbocycles. The van der Waals surface area contributed by atoms with Crippen molar-refractivity contribution in [1.29, 1.82) is 0 Å². The third-order valence-corrected chi connectivity index (χ3v) is 5.98. The number of carbonyl (C=O) groups excluding carboxylic acids is 1. The monoisotopic (exact) mass is 315 g/mol. The van der Waals surface area contributed by atoms with Crippen LogP contribution in [0.25, 0.3) is 0 Å². The van der Waals surface area contributed by atoms with Gasteiger partial charge in [0.05, 0.1) is 18.2 Å². The van der Waals surface area contributed by atoms with Gasteiger partial charge in [-0.15, -0.1) is 11.3 Å². The van der Waals surface area contributed by atoms with Crippen LogP contribution in [0.4, 0.5) is 0 Å². The molecule has 2 aliphatic rings. The maximum absolute atomic E-state index is 13.0. The highest BCUT2D eigenvalue weighted by molar-refractivity contribution is 7.10. The van der Waals surface area contributed by atoms with E-state index in [0.717, 1.165) is 44.3 Å². The minimum Gasteiger partial charge on any atom is -0.334 e. The zero-order valence-electron chi connectivity index (χ0n) is 12.7. The Kier molecular flexibility index (Phi) is 3.74. The summed E-state index contributed by atoms with van der Waals surface area (Å²) in [6, 6.07) is 2.22. The number of nitrogens with zero attached hydrogens (tertiary/aromatic N) is 3. The fraction of sp³-hybridized carbons (Fsp3) is 0.529. The Balaban J connectivity index is 1.55. The van der Waals surface area contributed by atoms with E-state index >= 15 is 0 Å². The van der Waals surface area contributed by atoms with Gasteiger partial charge in [0, 0.05) is 29.2 Å². The summed E-state index contributed by atoms with van der Waals surface area (Å²) in [7, 11) is 0. The predicted molar refractivity (Wildman–Crippen MR) is 87.2 cm³/mol. The molecule has 1 aliphatic heterocycles. The molecule has 0 aromatic carbocycles. The number of likely N-dealkylation sites (tertiary alicyclic amines) is 1. The van der Waals surface area contributed by atoms with Crippen molar-refractivity contribution in [2.24, 2.45) is 0 Å². The summed E-state index contributed by atoms with van der Waals surface area (Å²) in [5.41, 5.74) is 2.32. The molecule has 3 heterocycles. The molecule has 0 N–H and O–H groups in total. The fourth-order valence-electron chi connectivity index (χ4n) is 3.75. The lowest BCUT2D eigenvalue weighted by Gasteiger charge is -2.25. The topological polar surface area (TPSA) is 38.1 Å². The predicted octanol–water partition coefficient (Wildman–Crippen LogP) is 3.13. The van der Waals surface area contributed by atoms with Crippen LogP contribution in [0.3, 0.4) is 0 Å². The van der Waals surface area contributed by atoms with E-state index in [4.69, 9.17) is 0 Å². The molecule has 116 valence electrons. The van der Waals surface area contributed by atoms with Crippen LogP contribution in [0.15, 0.2) is 23.8 Å². The largest absolute Gasteiger partial charge is 0.334 e. The first-order valence-corrected chi connectivity index (χ1v) is 9.08. The van der Waals surface area contributed by atoms with Gasteiger partial charge in [0.25, 0.3) is 5.91 Å². The number of amides is 1. The molecule has 1 atom stereocenters. The highest BCUT2D eigenvalue weighted by Crippen LogP contribution is 2.32. The van der Waals surface area contributed by atoms with Crippen LogP contribution in [0, 0.1) is 0 Å². The number of aromatic nitrogens is 2. The van der Waals surface area contributed by atoms with E-state index in [1.54, 1.807) is 17.5 Å². The molecule has 1 unspecified atom stereocenters. The Morgan fingerprint density at radius 3 is 3.09 bits per heavy atom. The second-order valence-electron chi connectivity index (χ2n) is 6.28. The average molecular weight is 315 g/mol. The van der Waals surface area contributed by atoms with Gasteiger partial charge < -0.3 is 4.90 Å². The highest BCUT2D eigenvalue weighted by Gasteiger charge is 2.32. The molecule has 5 heteroatoms. The smallest absolute Gasteiger partial charge is 0.255 e. The summed E-state index contributed by atoms with van der Waals surface area (Å²) >= 11 is 1.78. The maximum atomic E-state index is 13.0. The summed E-state index contributed by atoms with van der Waals surface area (Å²) < 4.78 is 1.94. The van der Waals surface area contributed by atoms with Crippen molar-refractivity contribution in [3.8, 4) is 0 Å². The molecule has 0 radical (unpaired) electrons. The van der Waals surface area contributed by atoms with Gasteiger partial charge in [0.1, 0.15) is 0 Å². The van der Waals surface area contributed by atoms with E-state index in [0.29, 0.717) is 0 Å². The summed E-state index contributed by atoms with van der Waals surface area (Å²) in [5, 5.41) is 6.39. The summed E-state index contributed by atoms with van der Waals surface area (Å²) in [6.45, 7) is 1.69. The van der Waals surface area contributed by atoms with Crippen molar-refractivity contribution in [3.63, 3.8) is 0 Å². The molecule has 22 heavy (non-hydrogen) atoms. The third-order valence-electron chi connectivity index (χ3n) is 4.89. The van der Waals surface area contributed by atoms with Crippen LogP contribution in [-0.4, -0.2) is 33.2 Å². The third kappa shape index (κ3) is 2.47. The summed E-state index contributed by atoms with van der Waals surface area (Å²) in [5.74, 6) is 0.244. The fourth-order valence-corrected chi connectivity index (χ4v) is 4.86. The van der Waals surface area contributed by atoms with Gasteiger partial charge in [-0.25, -0.2) is 0 Å². The van der Waals surface area contributed by atoms with Crippen LogP contribution in [0.5, 0.6) is 0 Å². The minimum absolute atomic E-state index is 0.244. The average Bonchev–Trinajstić information content (AvgIpc) is 3.27. The first-order valence-electron chi connectivity index (χ1n) is 8.20. The van der Waals surface area contributed by atoms with Crippen molar-refractivity contribution in [2.75, 3.05) is 6.54 Å². The molecule has 0 spiro atoms. The van der Waals surface area contributed by atoms with E-state index in [-0.39, 0.29) is 11.9 Å². The van der Waals surface area contributed by atoms with E-state index in [1.807, 2.05) is 16.9 Å². The summed E-state index contributed by atoms with van der Waals surface area (Å²) in [6.07, 6.45) is 10.7. The van der Waals surface area contributed by atoms with Gasteiger partial charge in [0.2, 0.25) is 0 Å². The first kappa shape index (κ1) is 14.0.